The van der Waals surface area contributed by atoms with E-state index in [4.69, 9.17) is 4.74 Å². The maximum absolute atomic E-state index is 9.22. The van der Waals surface area contributed by atoms with E-state index in [1.165, 1.54) is 0 Å². The molecule has 98 valence electrons. The van der Waals surface area contributed by atoms with Crippen molar-refractivity contribution in [3.8, 4) is 0 Å². The predicted molar refractivity (Wildman–Crippen MR) is 65.6 cm³/mol. The highest BCUT2D eigenvalue weighted by atomic mass is 16.5. The first-order chi connectivity index (χ1) is 8.08. The smallest absolute Gasteiger partial charge is 0.158 e. The van der Waals surface area contributed by atoms with Crippen LogP contribution in [0, 0.1) is 5.92 Å². The molecule has 0 saturated carbocycles. The molecule has 1 heterocycles. The van der Waals surface area contributed by atoms with E-state index >= 15 is 0 Å². The van der Waals surface area contributed by atoms with Crippen molar-refractivity contribution in [3.63, 3.8) is 0 Å². The van der Waals surface area contributed by atoms with Crippen LogP contribution in [-0.2, 0) is 24.3 Å². The van der Waals surface area contributed by atoms with Crippen LogP contribution < -0.4 is 0 Å². The van der Waals surface area contributed by atoms with Gasteiger partial charge in [0.1, 0.15) is 12.4 Å². The lowest BCUT2D eigenvalue weighted by Crippen LogP contribution is -2.14. The number of aliphatic hydroxyl groups is 1. The third-order valence-electron chi connectivity index (χ3n) is 2.77. The second-order valence-electron chi connectivity index (χ2n) is 4.78. The molecule has 0 radical (unpaired) electrons. The fourth-order valence-electron chi connectivity index (χ4n) is 1.70. The highest BCUT2D eigenvalue weighted by molar-refractivity contribution is 4.95. The van der Waals surface area contributed by atoms with E-state index in [0.29, 0.717) is 11.7 Å². The molecule has 1 unspecified atom stereocenters. The van der Waals surface area contributed by atoms with Crippen LogP contribution in [0.25, 0.3) is 0 Å². The second kappa shape index (κ2) is 6.71. The van der Waals surface area contributed by atoms with Gasteiger partial charge in [-0.2, -0.15) is 0 Å². The lowest BCUT2D eigenvalue weighted by Gasteiger charge is -2.13. The summed E-state index contributed by atoms with van der Waals surface area (Å²) < 4.78 is 7.24. The maximum atomic E-state index is 9.22. The number of aryl methyl sites for hydroxylation is 1. The van der Waals surface area contributed by atoms with E-state index in [-0.39, 0.29) is 12.7 Å². The molecule has 1 aromatic heterocycles. The Morgan fingerprint density at radius 3 is 2.41 bits per heavy atom. The van der Waals surface area contributed by atoms with Crippen LogP contribution in [0.2, 0.25) is 0 Å². The largest absolute Gasteiger partial charge is 0.388 e. The summed E-state index contributed by atoms with van der Waals surface area (Å²) in [5.74, 6) is 2.10. The molecule has 0 fully saturated rings. The Hall–Kier alpha value is -0.940. The van der Waals surface area contributed by atoms with Gasteiger partial charge in [0.2, 0.25) is 0 Å². The summed E-state index contributed by atoms with van der Waals surface area (Å²) in [6, 6.07) is 0. The van der Waals surface area contributed by atoms with Gasteiger partial charge < -0.3 is 14.4 Å². The second-order valence-corrected chi connectivity index (χ2v) is 4.78. The molecular weight excluding hydrogens is 218 g/mol. The minimum absolute atomic E-state index is 0.0560. The van der Waals surface area contributed by atoms with Crippen LogP contribution in [0.5, 0.6) is 0 Å². The minimum Gasteiger partial charge on any atom is -0.388 e. The number of rotatable bonds is 7. The van der Waals surface area contributed by atoms with Gasteiger partial charge in [0, 0.05) is 20.1 Å². The van der Waals surface area contributed by atoms with Gasteiger partial charge in [0.25, 0.3) is 0 Å². The summed E-state index contributed by atoms with van der Waals surface area (Å²) in [5.41, 5.74) is 0. The molecule has 1 rings (SSSR count). The molecule has 0 aliphatic heterocycles. The average molecular weight is 241 g/mol. The Balaban J connectivity index is 2.73. The summed E-state index contributed by atoms with van der Waals surface area (Å²) in [7, 11) is 1.71. The Morgan fingerprint density at radius 2 is 1.88 bits per heavy atom. The number of hydrogen-bond acceptors (Lipinski definition) is 4. The van der Waals surface area contributed by atoms with Crippen molar-refractivity contribution >= 4 is 0 Å². The van der Waals surface area contributed by atoms with E-state index in [9.17, 15) is 5.11 Å². The van der Waals surface area contributed by atoms with Gasteiger partial charge in [0.15, 0.2) is 5.82 Å². The first-order valence-electron chi connectivity index (χ1n) is 6.13. The van der Waals surface area contributed by atoms with Gasteiger partial charge in [-0.25, -0.2) is 0 Å². The average Bonchev–Trinajstić information content (AvgIpc) is 2.67. The molecule has 17 heavy (non-hydrogen) atoms. The molecule has 1 N–H and O–H groups in total. The number of ether oxygens (including phenoxy) is 1. The highest BCUT2D eigenvalue weighted by Gasteiger charge is 2.13. The molecule has 0 bridgehead atoms. The van der Waals surface area contributed by atoms with Crippen molar-refractivity contribution in [2.24, 2.45) is 5.92 Å². The first kappa shape index (κ1) is 14.1. The van der Waals surface area contributed by atoms with E-state index < -0.39 is 0 Å². The van der Waals surface area contributed by atoms with Crippen molar-refractivity contribution in [2.45, 2.75) is 52.9 Å². The van der Waals surface area contributed by atoms with E-state index in [0.717, 1.165) is 25.2 Å². The summed E-state index contributed by atoms with van der Waals surface area (Å²) in [4.78, 5) is 0. The first-order valence-corrected chi connectivity index (χ1v) is 6.13. The third-order valence-corrected chi connectivity index (χ3v) is 2.77. The molecule has 1 aromatic rings. The fourth-order valence-corrected chi connectivity index (χ4v) is 1.70. The number of aliphatic hydroxyl groups excluding tert-OH is 1. The number of methoxy groups -OCH3 is 1. The predicted octanol–water partition coefficient (Wildman–Crippen LogP) is 1.39. The zero-order valence-corrected chi connectivity index (χ0v) is 11.2. The summed E-state index contributed by atoms with van der Waals surface area (Å²) in [6.07, 6.45) is 1.96. The number of hydrogen-bond donors (Lipinski definition) is 1. The van der Waals surface area contributed by atoms with Crippen LogP contribution in [0.15, 0.2) is 0 Å². The molecule has 5 heteroatoms. The van der Waals surface area contributed by atoms with Gasteiger partial charge in [-0.3, -0.25) is 0 Å². The van der Waals surface area contributed by atoms with E-state index in [2.05, 4.69) is 24.0 Å². The SMILES string of the molecule is COC(C)CCc1nnc(CO)n1CC(C)C. The molecular formula is C12H23N3O2. The standard InChI is InChI=1S/C12H23N3O2/c1-9(2)7-15-11(6-5-10(3)17-4)13-14-12(15)8-16/h9-10,16H,5-8H2,1-4H3. The Bertz CT molecular complexity index is 336. The minimum atomic E-state index is -0.0560. The summed E-state index contributed by atoms with van der Waals surface area (Å²) in [5, 5.41) is 17.4. The van der Waals surface area contributed by atoms with Crippen molar-refractivity contribution < 1.29 is 9.84 Å². The molecule has 0 spiro atoms. The van der Waals surface area contributed by atoms with Gasteiger partial charge in [-0.15, -0.1) is 10.2 Å². The topological polar surface area (TPSA) is 60.2 Å². The van der Waals surface area contributed by atoms with Crippen molar-refractivity contribution in [1.82, 2.24) is 14.8 Å². The van der Waals surface area contributed by atoms with Crippen molar-refractivity contribution in [2.75, 3.05) is 7.11 Å². The van der Waals surface area contributed by atoms with Crippen LogP contribution in [0.3, 0.4) is 0 Å². The Labute approximate surface area is 103 Å². The van der Waals surface area contributed by atoms with Crippen LogP contribution in [0.4, 0.5) is 0 Å². The normalized spacial score (nSPS) is 13.3. The lowest BCUT2D eigenvalue weighted by atomic mass is 10.2. The Kier molecular flexibility index (Phi) is 5.58. The fraction of sp³-hybridized carbons (Fsp3) is 0.833. The summed E-state index contributed by atoms with van der Waals surface area (Å²) in [6.45, 7) is 7.11. The highest BCUT2D eigenvalue weighted by Crippen LogP contribution is 2.10. The molecule has 0 aliphatic carbocycles. The molecule has 5 nitrogen and oxygen atoms in total. The number of aromatic nitrogens is 3. The Morgan fingerprint density at radius 1 is 1.24 bits per heavy atom. The van der Waals surface area contributed by atoms with Gasteiger partial charge >= 0.3 is 0 Å². The van der Waals surface area contributed by atoms with Crippen molar-refractivity contribution in [1.29, 1.82) is 0 Å². The van der Waals surface area contributed by atoms with Gasteiger partial charge in [-0.1, -0.05) is 13.8 Å². The van der Waals surface area contributed by atoms with Crippen LogP contribution in [0.1, 0.15) is 38.8 Å². The van der Waals surface area contributed by atoms with Crippen molar-refractivity contribution in [3.05, 3.63) is 11.6 Å². The van der Waals surface area contributed by atoms with Gasteiger partial charge in [-0.05, 0) is 19.3 Å². The molecule has 0 aromatic carbocycles. The summed E-state index contributed by atoms with van der Waals surface area (Å²) >= 11 is 0. The van der Waals surface area contributed by atoms with Gasteiger partial charge in [0.05, 0.1) is 6.10 Å². The molecule has 1 atom stereocenters. The monoisotopic (exact) mass is 241 g/mol. The quantitative estimate of drug-likeness (QED) is 0.783. The zero-order valence-electron chi connectivity index (χ0n) is 11.2. The van der Waals surface area contributed by atoms with Crippen LogP contribution >= 0.6 is 0 Å². The molecule has 0 aliphatic rings. The van der Waals surface area contributed by atoms with E-state index in [1.807, 2.05) is 11.5 Å². The number of nitrogens with zero attached hydrogens (tertiary/aromatic N) is 3. The lowest BCUT2D eigenvalue weighted by molar-refractivity contribution is 0.110. The maximum Gasteiger partial charge on any atom is 0.158 e. The van der Waals surface area contributed by atoms with Crippen LogP contribution in [-0.4, -0.2) is 33.1 Å². The van der Waals surface area contributed by atoms with E-state index in [1.54, 1.807) is 7.11 Å². The molecule has 0 saturated heterocycles. The zero-order chi connectivity index (χ0) is 12.8. The third kappa shape index (κ3) is 4.09. The molecule has 0 amide bonds.